The number of hydrogen-bond acceptors (Lipinski definition) is 3. The van der Waals surface area contributed by atoms with Gasteiger partial charge >= 0.3 is 0 Å². The van der Waals surface area contributed by atoms with Crippen molar-refractivity contribution in [1.29, 1.82) is 0 Å². The molecule has 0 fully saturated rings. The van der Waals surface area contributed by atoms with Crippen molar-refractivity contribution in [1.82, 2.24) is 15.4 Å². The third-order valence-corrected chi connectivity index (χ3v) is 3.72. The number of allylic oxidation sites excluding steroid dienone is 1. The molecule has 1 aliphatic carbocycles. The number of carbonyl (C=O) groups is 1. The average molecular weight is 279 g/mol. The van der Waals surface area contributed by atoms with Crippen molar-refractivity contribution < 1.29 is 9.18 Å². The molecule has 0 saturated heterocycles. The number of fused-ring (bicyclic) bond motifs is 3. The predicted octanol–water partition coefficient (Wildman–Crippen LogP) is 2.92. The molecule has 0 spiro atoms. The maximum atomic E-state index is 12.9. The van der Waals surface area contributed by atoms with Gasteiger partial charge in [-0.3, -0.25) is 9.89 Å². The van der Waals surface area contributed by atoms with Gasteiger partial charge in [0.2, 0.25) is 0 Å². The summed E-state index contributed by atoms with van der Waals surface area (Å²) in [6.45, 7) is 0. The lowest BCUT2D eigenvalue weighted by atomic mass is 10.1. The van der Waals surface area contributed by atoms with Crippen LogP contribution in [-0.4, -0.2) is 21.2 Å². The van der Waals surface area contributed by atoms with Crippen LogP contribution in [0.4, 0.5) is 4.39 Å². The molecule has 2 aromatic carbocycles. The maximum Gasteiger partial charge on any atom is 0.189 e. The lowest BCUT2D eigenvalue weighted by Gasteiger charge is -1.96. The summed E-state index contributed by atoms with van der Waals surface area (Å²) < 4.78 is 12.9. The van der Waals surface area contributed by atoms with E-state index in [1.165, 1.54) is 12.1 Å². The minimum absolute atomic E-state index is 0.000718. The predicted molar refractivity (Wildman–Crippen MR) is 76.3 cm³/mol. The summed E-state index contributed by atoms with van der Waals surface area (Å²) in [6.07, 6.45) is 2.32. The van der Waals surface area contributed by atoms with Gasteiger partial charge in [0.1, 0.15) is 11.3 Å². The first-order chi connectivity index (χ1) is 10.2. The highest BCUT2D eigenvalue weighted by Crippen LogP contribution is 2.31. The third-order valence-electron chi connectivity index (χ3n) is 3.72. The molecule has 1 heterocycles. The fraction of sp³-hybridized carbons (Fsp3) is 0.0625. The summed E-state index contributed by atoms with van der Waals surface area (Å²) in [5.74, 6) is -0.290. The number of benzene rings is 2. The number of nitrogens with zero attached hydrogens (tertiary/aromatic N) is 2. The molecular weight excluding hydrogens is 269 g/mol. The molecule has 21 heavy (non-hydrogen) atoms. The highest BCUT2D eigenvalue weighted by molar-refractivity contribution is 6.17. The van der Waals surface area contributed by atoms with Crippen LogP contribution in [0, 0.1) is 5.82 Å². The Kier molecular flexibility index (Phi) is 2.47. The Morgan fingerprint density at radius 1 is 1.14 bits per heavy atom. The Morgan fingerprint density at radius 2 is 1.95 bits per heavy atom. The van der Waals surface area contributed by atoms with Gasteiger partial charge in [-0.25, -0.2) is 4.39 Å². The summed E-state index contributed by atoms with van der Waals surface area (Å²) in [6, 6.07) is 9.69. The second kappa shape index (κ2) is 4.34. The SMILES string of the molecule is O=C1/C(=C/c2ccc(F)cc2)Cc2c1ccc1[nH]nnc21. The zero-order valence-electron chi connectivity index (χ0n) is 10.9. The first-order valence-corrected chi connectivity index (χ1v) is 6.56. The number of carbonyl (C=O) groups excluding carboxylic acids is 1. The lowest BCUT2D eigenvalue weighted by molar-refractivity contribution is 0.104. The van der Waals surface area contributed by atoms with E-state index in [2.05, 4.69) is 15.4 Å². The quantitative estimate of drug-likeness (QED) is 0.697. The molecule has 0 unspecified atom stereocenters. The number of aromatic nitrogens is 3. The Balaban J connectivity index is 1.80. The monoisotopic (exact) mass is 279 g/mol. The summed E-state index contributed by atoms with van der Waals surface area (Å²) >= 11 is 0. The largest absolute Gasteiger partial charge is 0.289 e. The molecule has 4 nitrogen and oxygen atoms in total. The fourth-order valence-corrected chi connectivity index (χ4v) is 2.68. The van der Waals surface area contributed by atoms with Crippen LogP contribution in [0.2, 0.25) is 0 Å². The van der Waals surface area contributed by atoms with Gasteiger partial charge in [0, 0.05) is 17.6 Å². The number of rotatable bonds is 1. The average Bonchev–Trinajstić information content (AvgIpc) is 3.07. The number of hydrogen-bond donors (Lipinski definition) is 1. The number of H-pyrrole nitrogens is 1. The van der Waals surface area contributed by atoms with Crippen LogP contribution >= 0.6 is 0 Å². The Morgan fingerprint density at radius 3 is 2.76 bits per heavy atom. The van der Waals surface area contributed by atoms with Gasteiger partial charge in [-0.15, -0.1) is 5.10 Å². The van der Waals surface area contributed by atoms with Crippen LogP contribution in [0.15, 0.2) is 42.0 Å². The van der Waals surface area contributed by atoms with Crippen LogP contribution in [0.5, 0.6) is 0 Å². The van der Waals surface area contributed by atoms with Gasteiger partial charge in [0.25, 0.3) is 0 Å². The maximum absolute atomic E-state index is 12.9. The topological polar surface area (TPSA) is 58.6 Å². The molecule has 0 saturated carbocycles. The number of aromatic amines is 1. The van der Waals surface area contributed by atoms with Crippen LogP contribution in [-0.2, 0) is 6.42 Å². The van der Waals surface area contributed by atoms with Gasteiger partial charge in [0.05, 0.1) is 5.52 Å². The van der Waals surface area contributed by atoms with Crippen molar-refractivity contribution >= 4 is 22.9 Å². The molecule has 102 valence electrons. The standard InChI is InChI=1S/C16H10FN3O/c17-11-3-1-9(2-4-11)7-10-8-13-12(16(10)21)5-6-14-15(13)19-20-18-14/h1-7H,8H2,(H,18,19,20)/b10-7+. The van der Waals surface area contributed by atoms with Crippen LogP contribution in [0.1, 0.15) is 21.5 Å². The van der Waals surface area contributed by atoms with Gasteiger partial charge in [-0.05, 0) is 41.5 Å². The van der Waals surface area contributed by atoms with E-state index in [0.717, 1.165) is 22.2 Å². The Hall–Kier alpha value is -2.82. The number of ketones is 1. The molecule has 0 amide bonds. The van der Waals surface area contributed by atoms with E-state index in [-0.39, 0.29) is 11.6 Å². The van der Waals surface area contributed by atoms with Crippen LogP contribution in [0.25, 0.3) is 17.1 Å². The lowest BCUT2D eigenvalue weighted by Crippen LogP contribution is -1.95. The highest BCUT2D eigenvalue weighted by Gasteiger charge is 2.27. The second-order valence-corrected chi connectivity index (χ2v) is 5.03. The molecule has 0 atom stereocenters. The van der Waals surface area contributed by atoms with Crippen molar-refractivity contribution in [2.75, 3.05) is 0 Å². The molecular formula is C16H10FN3O. The summed E-state index contributed by atoms with van der Waals surface area (Å²) in [5.41, 5.74) is 4.63. The van der Waals surface area contributed by atoms with Crippen molar-refractivity contribution in [2.24, 2.45) is 0 Å². The summed E-state index contributed by atoms with van der Waals surface area (Å²) in [7, 11) is 0. The first-order valence-electron chi connectivity index (χ1n) is 6.56. The van der Waals surface area contributed by atoms with E-state index >= 15 is 0 Å². The molecule has 5 heteroatoms. The smallest absolute Gasteiger partial charge is 0.189 e. The molecule has 0 aliphatic heterocycles. The Labute approximate surface area is 119 Å². The minimum Gasteiger partial charge on any atom is -0.289 e. The number of Topliss-reactive ketones (excluding diaryl/α,β-unsaturated/α-hetero) is 1. The summed E-state index contributed by atoms with van der Waals surface area (Å²) in [4.78, 5) is 12.4. The first kappa shape index (κ1) is 12.0. The van der Waals surface area contributed by atoms with Crippen molar-refractivity contribution in [3.05, 3.63) is 64.5 Å². The zero-order chi connectivity index (χ0) is 14.4. The minimum atomic E-state index is -0.289. The van der Waals surface area contributed by atoms with E-state index in [1.54, 1.807) is 24.3 Å². The van der Waals surface area contributed by atoms with Crippen molar-refractivity contribution in [3.8, 4) is 0 Å². The van der Waals surface area contributed by atoms with E-state index < -0.39 is 0 Å². The van der Waals surface area contributed by atoms with Gasteiger partial charge < -0.3 is 0 Å². The Bertz CT molecular complexity index is 894. The van der Waals surface area contributed by atoms with E-state index in [4.69, 9.17) is 0 Å². The van der Waals surface area contributed by atoms with E-state index in [1.807, 2.05) is 6.07 Å². The van der Waals surface area contributed by atoms with Crippen LogP contribution in [0.3, 0.4) is 0 Å². The molecule has 4 rings (SSSR count). The van der Waals surface area contributed by atoms with Crippen molar-refractivity contribution in [3.63, 3.8) is 0 Å². The van der Waals surface area contributed by atoms with E-state index in [0.29, 0.717) is 17.6 Å². The van der Waals surface area contributed by atoms with Gasteiger partial charge in [-0.2, -0.15) is 0 Å². The molecule has 0 bridgehead atoms. The second-order valence-electron chi connectivity index (χ2n) is 5.03. The third kappa shape index (κ3) is 1.86. The zero-order valence-corrected chi connectivity index (χ0v) is 10.9. The molecule has 1 N–H and O–H groups in total. The fourth-order valence-electron chi connectivity index (χ4n) is 2.68. The van der Waals surface area contributed by atoms with Gasteiger partial charge in [-0.1, -0.05) is 17.3 Å². The molecule has 0 radical (unpaired) electrons. The van der Waals surface area contributed by atoms with Gasteiger partial charge in [0.15, 0.2) is 5.78 Å². The number of nitrogens with one attached hydrogen (secondary N) is 1. The van der Waals surface area contributed by atoms with Crippen LogP contribution < -0.4 is 0 Å². The molecule has 1 aromatic heterocycles. The van der Waals surface area contributed by atoms with E-state index in [9.17, 15) is 9.18 Å². The highest BCUT2D eigenvalue weighted by atomic mass is 19.1. The molecule has 3 aromatic rings. The number of halogens is 1. The van der Waals surface area contributed by atoms with Crippen molar-refractivity contribution in [2.45, 2.75) is 6.42 Å². The molecule has 1 aliphatic rings. The summed E-state index contributed by atoms with van der Waals surface area (Å²) in [5, 5.41) is 10.6. The normalized spacial score (nSPS) is 15.9.